The van der Waals surface area contributed by atoms with Crippen molar-refractivity contribution in [2.45, 2.75) is 19.4 Å². The van der Waals surface area contributed by atoms with E-state index in [9.17, 15) is 4.39 Å². The van der Waals surface area contributed by atoms with E-state index in [2.05, 4.69) is 16.8 Å². The molecule has 0 bridgehead atoms. The van der Waals surface area contributed by atoms with Gasteiger partial charge in [0.15, 0.2) is 0 Å². The maximum absolute atomic E-state index is 13.6. The molecule has 92 valence electrons. The van der Waals surface area contributed by atoms with Crippen molar-refractivity contribution in [3.8, 4) is 0 Å². The lowest BCUT2D eigenvalue weighted by Gasteiger charge is -2.22. The molecule has 3 heteroatoms. The summed E-state index contributed by atoms with van der Waals surface area (Å²) in [5.74, 6) is 0.678. The van der Waals surface area contributed by atoms with Crippen molar-refractivity contribution in [3.63, 3.8) is 0 Å². The first-order valence-electron chi connectivity index (χ1n) is 6.36. The van der Waals surface area contributed by atoms with Crippen LogP contribution in [0, 0.1) is 18.7 Å². The number of likely N-dealkylation sites (tertiary alicyclic amines) is 1. The van der Waals surface area contributed by atoms with E-state index in [-0.39, 0.29) is 5.82 Å². The summed E-state index contributed by atoms with van der Waals surface area (Å²) in [6, 6.07) is 6.26. The van der Waals surface area contributed by atoms with Gasteiger partial charge >= 0.3 is 0 Å². The SMILES string of the molecule is Cc1ccc(N2CC3CCN(C)C3C2)cc1F. The fourth-order valence-corrected chi connectivity index (χ4v) is 3.16. The second kappa shape index (κ2) is 3.98. The van der Waals surface area contributed by atoms with Gasteiger partial charge in [0.2, 0.25) is 0 Å². The molecule has 2 aliphatic heterocycles. The molecule has 0 spiro atoms. The van der Waals surface area contributed by atoms with E-state index in [1.165, 1.54) is 13.0 Å². The van der Waals surface area contributed by atoms with Gasteiger partial charge in [-0.2, -0.15) is 0 Å². The van der Waals surface area contributed by atoms with Crippen molar-refractivity contribution in [1.29, 1.82) is 0 Å². The molecule has 2 heterocycles. The molecule has 2 saturated heterocycles. The Balaban J connectivity index is 1.80. The Labute approximate surface area is 102 Å². The molecule has 2 atom stereocenters. The molecule has 2 aliphatic rings. The molecule has 0 amide bonds. The molecule has 17 heavy (non-hydrogen) atoms. The van der Waals surface area contributed by atoms with E-state index in [0.29, 0.717) is 6.04 Å². The summed E-state index contributed by atoms with van der Waals surface area (Å²) in [5.41, 5.74) is 1.76. The lowest BCUT2D eigenvalue weighted by molar-refractivity contribution is 0.310. The number of hydrogen-bond donors (Lipinski definition) is 0. The fourth-order valence-electron chi connectivity index (χ4n) is 3.16. The Morgan fingerprint density at radius 1 is 1.29 bits per heavy atom. The van der Waals surface area contributed by atoms with E-state index >= 15 is 0 Å². The summed E-state index contributed by atoms with van der Waals surface area (Å²) in [4.78, 5) is 4.77. The molecular weight excluding hydrogens is 215 g/mol. The van der Waals surface area contributed by atoms with Crippen LogP contribution in [0.1, 0.15) is 12.0 Å². The molecule has 0 saturated carbocycles. The van der Waals surface area contributed by atoms with Crippen LogP contribution in [-0.4, -0.2) is 37.6 Å². The Morgan fingerprint density at radius 2 is 2.12 bits per heavy atom. The van der Waals surface area contributed by atoms with Crippen LogP contribution in [0.3, 0.4) is 0 Å². The highest BCUT2D eigenvalue weighted by Gasteiger charge is 2.39. The van der Waals surface area contributed by atoms with E-state index in [1.54, 1.807) is 6.07 Å². The van der Waals surface area contributed by atoms with Crippen LogP contribution in [-0.2, 0) is 0 Å². The minimum atomic E-state index is -0.0899. The largest absolute Gasteiger partial charge is 0.370 e. The van der Waals surface area contributed by atoms with Crippen LogP contribution in [0.2, 0.25) is 0 Å². The standard InChI is InChI=1S/C14H19FN2/c1-10-3-4-12(7-13(10)15)17-8-11-5-6-16(2)14(11)9-17/h3-4,7,11,14H,5-6,8-9H2,1-2H3. The summed E-state index contributed by atoms with van der Waals surface area (Å²) >= 11 is 0. The molecule has 1 aromatic carbocycles. The van der Waals surface area contributed by atoms with E-state index < -0.39 is 0 Å². The first kappa shape index (κ1) is 11.0. The van der Waals surface area contributed by atoms with Gasteiger partial charge in [0.1, 0.15) is 5.82 Å². The number of likely N-dealkylation sites (N-methyl/N-ethyl adjacent to an activating group) is 1. The molecule has 0 aliphatic carbocycles. The average molecular weight is 234 g/mol. The Bertz CT molecular complexity index is 432. The molecule has 1 aromatic rings. The molecule has 3 rings (SSSR count). The van der Waals surface area contributed by atoms with Gasteiger partial charge in [-0.1, -0.05) is 6.07 Å². The molecule has 2 fully saturated rings. The summed E-state index contributed by atoms with van der Waals surface area (Å²) in [7, 11) is 2.20. The minimum Gasteiger partial charge on any atom is -0.370 e. The van der Waals surface area contributed by atoms with Gasteiger partial charge in [0, 0.05) is 24.8 Å². The highest BCUT2D eigenvalue weighted by molar-refractivity contribution is 5.49. The normalized spacial score (nSPS) is 28.8. The summed E-state index contributed by atoms with van der Waals surface area (Å²) < 4.78 is 13.6. The smallest absolute Gasteiger partial charge is 0.128 e. The summed E-state index contributed by atoms with van der Waals surface area (Å²) in [6.07, 6.45) is 1.28. The van der Waals surface area contributed by atoms with Crippen molar-refractivity contribution in [3.05, 3.63) is 29.6 Å². The molecule has 2 unspecified atom stereocenters. The number of halogens is 1. The van der Waals surface area contributed by atoms with Gasteiger partial charge in [-0.05, 0) is 50.6 Å². The maximum atomic E-state index is 13.6. The number of aryl methyl sites for hydroxylation is 1. The maximum Gasteiger partial charge on any atom is 0.128 e. The van der Waals surface area contributed by atoms with Gasteiger partial charge < -0.3 is 9.80 Å². The van der Waals surface area contributed by atoms with Crippen molar-refractivity contribution in [2.75, 3.05) is 31.6 Å². The van der Waals surface area contributed by atoms with Crippen LogP contribution in [0.5, 0.6) is 0 Å². The van der Waals surface area contributed by atoms with E-state index in [0.717, 1.165) is 30.3 Å². The van der Waals surface area contributed by atoms with Crippen molar-refractivity contribution < 1.29 is 4.39 Å². The van der Waals surface area contributed by atoms with Crippen molar-refractivity contribution in [1.82, 2.24) is 4.90 Å². The number of fused-ring (bicyclic) bond motifs is 1. The number of benzene rings is 1. The predicted octanol–water partition coefficient (Wildman–Crippen LogP) is 2.27. The van der Waals surface area contributed by atoms with Crippen molar-refractivity contribution >= 4 is 5.69 Å². The van der Waals surface area contributed by atoms with Crippen LogP contribution in [0.15, 0.2) is 18.2 Å². The summed E-state index contributed by atoms with van der Waals surface area (Å²) in [5, 5.41) is 0. The third-order valence-corrected chi connectivity index (χ3v) is 4.35. The Hall–Kier alpha value is -1.09. The third kappa shape index (κ3) is 1.82. The van der Waals surface area contributed by atoms with Crippen LogP contribution in [0.25, 0.3) is 0 Å². The quantitative estimate of drug-likeness (QED) is 0.735. The molecule has 0 radical (unpaired) electrons. The van der Waals surface area contributed by atoms with Gasteiger partial charge in [-0.3, -0.25) is 0 Å². The third-order valence-electron chi connectivity index (χ3n) is 4.35. The first-order valence-corrected chi connectivity index (χ1v) is 6.36. The second-order valence-electron chi connectivity index (χ2n) is 5.44. The average Bonchev–Trinajstić information content (AvgIpc) is 2.86. The highest BCUT2D eigenvalue weighted by Crippen LogP contribution is 2.33. The number of nitrogens with zero attached hydrogens (tertiary/aromatic N) is 2. The predicted molar refractivity (Wildman–Crippen MR) is 67.9 cm³/mol. The number of hydrogen-bond acceptors (Lipinski definition) is 2. The molecular formula is C14H19FN2. The highest BCUT2D eigenvalue weighted by atomic mass is 19.1. The molecule has 0 aromatic heterocycles. The first-order chi connectivity index (χ1) is 8.15. The second-order valence-corrected chi connectivity index (χ2v) is 5.44. The van der Waals surface area contributed by atoms with Gasteiger partial charge in [-0.15, -0.1) is 0 Å². The molecule has 2 nitrogen and oxygen atoms in total. The fraction of sp³-hybridized carbons (Fsp3) is 0.571. The monoisotopic (exact) mass is 234 g/mol. The Morgan fingerprint density at radius 3 is 2.82 bits per heavy atom. The summed E-state index contributed by atoms with van der Waals surface area (Å²) in [6.45, 7) is 5.15. The van der Waals surface area contributed by atoms with E-state index in [1.807, 2.05) is 19.1 Å². The topological polar surface area (TPSA) is 6.48 Å². The van der Waals surface area contributed by atoms with Crippen LogP contribution in [0.4, 0.5) is 10.1 Å². The minimum absolute atomic E-state index is 0.0899. The zero-order chi connectivity index (χ0) is 12.0. The Kier molecular flexibility index (Phi) is 2.58. The van der Waals surface area contributed by atoms with Crippen LogP contribution < -0.4 is 4.90 Å². The zero-order valence-corrected chi connectivity index (χ0v) is 10.5. The lowest BCUT2D eigenvalue weighted by atomic mass is 10.1. The molecule has 0 N–H and O–H groups in total. The number of rotatable bonds is 1. The lowest BCUT2D eigenvalue weighted by Crippen LogP contribution is -2.32. The zero-order valence-electron chi connectivity index (χ0n) is 10.5. The van der Waals surface area contributed by atoms with Crippen molar-refractivity contribution in [2.24, 2.45) is 5.92 Å². The van der Waals surface area contributed by atoms with E-state index in [4.69, 9.17) is 0 Å². The van der Waals surface area contributed by atoms with Gasteiger partial charge in [0.25, 0.3) is 0 Å². The van der Waals surface area contributed by atoms with Gasteiger partial charge in [-0.25, -0.2) is 4.39 Å². The van der Waals surface area contributed by atoms with Gasteiger partial charge in [0.05, 0.1) is 0 Å². The number of anilines is 1. The van der Waals surface area contributed by atoms with Crippen LogP contribution >= 0.6 is 0 Å².